The number of fused-ring (bicyclic) bond motifs is 2. The van der Waals surface area contributed by atoms with Crippen LogP contribution in [0.15, 0.2) is 59.5 Å². The van der Waals surface area contributed by atoms with E-state index in [4.69, 9.17) is 4.74 Å². The number of anilines is 2. The van der Waals surface area contributed by atoms with Crippen LogP contribution in [-0.2, 0) is 0 Å². The van der Waals surface area contributed by atoms with Gasteiger partial charge < -0.3 is 10.1 Å². The molecule has 0 atom stereocenters. The molecule has 3 heterocycles. The van der Waals surface area contributed by atoms with E-state index < -0.39 is 0 Å². The molecule has 0 amide bonds. The molecule has 0 unspecified atom stereocenters. The monoisotopic (exact) mass is 432 g/mol. The predicted molar refractivity (Wildman–Crippen MR) is 121 cm³/mol. The second kappa shape index (κ2) is 7.85. The highest BCUT2D eigenvalue weighted by atomic mass is 32.2. The van der Waals surface area contributed by atoms with E-state index in [1.165, 1.54) is 29.6 Å². The molecular formula is C21H16N6OS2. The predicted octanol–water partition coefficient (Wildman–Crippen LogP) is 5.60. The van der Waals surface area contributed by atoms with Crippen LogP contribution in [0.4, 0.5) is 11.5 Å². The van der Waals surface area contributed by atoms with Crippen molar-refractivity contribution in [3.8, 4) is 11.5 Å². The maximum atomic E-state index is 6.08. The third kappa shape index (κ3) is 3.64. The molecule has 0 bridgehead atoms. The Morgan fingerprint density at radius 3 is 2.83 bits per heavy atom. The van der Waals surface area contributed by atoms with Gasteiger partial charge >= 0.3 is 0 Å². The van der Waals surface area contributed by atoms with Gasteiger partial charge in [-0.05, 0) is 60.6 Å². The van der Waals surface area contributed by atoms with Crippen molar-refractivity contribution in [3.63, 3.8) is 0 Å². The fraction of sp³-hybridized carbons (Fsp3) is 0.0952. The van der Waals surface area contributed by atoms with Crippen LogP contribution in [0.2, 0.25) is 0 Å². The van der Waals surface area contributed by atoms with Gasteiger partial charge in [-0.2, -0.15) is 4.37 Å². The molecule has 0 saturated heterocycles. The van der Waals surface area contributed by atoms with Crippen LogP contribution in [-0.4, -0.2) is 30.6 Å². The first kappa shape index (κ1) is 18.7. The van der Waals surface area contributed by atoms with Gasteiger partial charge in [0.15, 0.2) is 11.0 Å². The van der Waals surface area contributed by atoms with Crippen molar-refractivity contribution in [1.29, 1.82) is 0 Å². The molecule has 0 aliphatic carbocycles. The average molecular weight is 433 g/mol. The van der Waals surface area contributed by atoms with Gasteiger partial charge in [0.2, 0.25) is 0 Å². The van der Waals surface area contributed by atoms with E-state index >= 15 is 0 Å². The van der Waals surface area contributed by atoms with Gasteiger partial charge in [-0.25, -0.2) is 19.9 Å². The Morgan fingerprint density at radius 1 is 1.03 bits per heavy atom. The molecule has 0 aliphatic heterocycles. The largest absolute Gasteiger partial charge is 0.457 e. The Bertz CT molecular complexity index is 1370. The Balaban J connectivity index is 1.41. The van der Waals surface area contributed by atoms with Crippen LogP contribution in [0.3, 0.4) is 0 Å². The number of rotatable bonds is 5. The molecule has 1 N–H and O–H groups in total. The van der Waals surface area contributed by atoms with E-state index in [-0.39, 0.29) is 0 Å². The number of benzene rings is 2. The highest BCUT2D eigenvalue weighted by Gasteiger charge is 2.10. The minimum absolute atomic E-state index is 0.639. The number of ether oxygens (including phenoxy) is 1. The van der Waals surface area contributed by atoms with E-state index in [0.717, 1.165) is 33.7 Å². The summed E-state index contributed by atoms with van der Waals surface area (Å²) in [5.74, 6) is 2.19. The maximum Gasteiger partial charge on any atom is 0.188 e. The van der Waals surface area contributed by atoms with Crippen molar-refractivity contribution in [2.24, 2.45) is 0 Å². The zero-order valence-corrected chi connectivity index (χ0v) is 17.8. The fourth-order valence-electron chi connectivity index (χ4n) is 3.04. The van der Waals surface area contributed by atoms with Crippen LogP contribution < -0.4 is 10.1 Å². The Morgan fingerprint density at radius 2 is 1.97 bits per heavy atom. The number of hydrogen-bond acceptors (Lipinski definition) is 9. The molecule has 9 heteroatoms. The second-order valence-electron chi connectivity index (χ2n) is 6.56. The van der Waals surface area contributed by atoms with Gasteiger partial charge in [0, 0.05) is 22.5 Å². The molecule has 148 valence electrons. The lowest BCUT2D eigenvalue weighted by Gasteiger charge is -2.12. The van der Waals surface area contributed by atoms with Crippen LogP contribution in [0.1, 0.15) is 5.56 Å². The molecular weight excluding hydrogens is 416 g/mol. The number of hydrogen-bond donors (Lipinski definition) is 1. The topological polar surface area (TPSA) is 85.7 Å². The summed E-state index contributed by atoms with van der Waals surface area (Å²) < 4.78 is 10.4. The first-order valence-electron chi connectivity index (χ1n) is 9.11. The van der Waals surface area contributed by atoms with Crippen LogP contribution in [0, 0.1) is 6.92 Å². The third-order valence-electron chi connectivity index (χ3n) is 4.54. The standard InChI is InChI=1S/C21H16N6OS2/c1-12-7-14(25-20-19-17(23-11-24-20)9-22-21(26-19)29-2)4-6-18(12)28-15-5-3-13-10-30-27-16(13)8-15/h3-11H,1-2H3,(H,23,24,25). The van der Waals surface area contributed by atoms with Crippen molar-refractivity contribution in [2.75, 3.05) is 11.6 Å². The van der Waals surface area contributed by atoms with Gasteiger partial charge in [-0.15, -0.1) is 0 Å². The van der Waals surface area contributed by atoms with Gasteiger partial charge in [-0.3, -0.25) is 0 Å². The van der Waals surface area contributed by atoms with E-state index in [2.05, 4.69) is 29.6 Å². The van der Waals surface area contributed by atoms with E-state index in [1.54, 1.807) is 6.20 Å². The number of aromatic nitrogens is 5. The van der Waals surface area contributed by atoms with Crippen molar-refractivity contribution in [2.45, 2.75) is 12.1 Å². The number of nitrogens with zero attached hydrogens (tertiary/aromatic N) is 5. The van der Waals surface area contributed by atoms with E-state index in [1.807, 2.05) is 55.0 Å². The molecule has 0 radical (unpaired) electrons. The third-order valence-corrected chi connectivity index (χ3v) is 5.76. The highest BCUT2D eigenvalue weighted by Crippen LogP contribution is 2.31. The first-order chi connectivity index (χ1) is 14.7. The minimum Gasteiger partial charge on any atom is -0.457 e. The number of nitrogens with one attached hydrogen (secondary N) is 1. The molecule has 7 nitrogen and oxygen atoms in total. The molecule has 30 heavy (non-hydrogen) atoms. The quantitative estimate of drug-likeness (QED) is 0.284. The van der Waals surface area contributed by atoms with E-state index in [9.17, 15) is 0 Å². The summed E-state index contributed by atoms with van der Waals surface area (Å²) in [6.07, 6.45) is 5.15. The normalized spacial score (nSPS) is 11.1. The smallest absolute Gasteiger partial charge is 0.188 e. The molecule has 2 aromatic carbocycles. The van der Waals surface area contributed by atoms with Crippen molar-refractivity contribution < 1.29 is 4.74 Å². The summed E-state index contributed by atoms with van der Waals surface area (Å²) in [5.41, 5.74) is 4.21. The number of thioether (sulfide) groups is 1. The lowest BCUT2D eigenvalue weighted by molar-refractivity contribution is 0.479. The molecule has 3 aromatic heterocycles. The van der Waals surface area contributed by atoms with Crippen molar-refractivity contribution in [1.82, 2.24) is 24.3 Å². The Kier molecular flexibility index (Phi) is 4.89. The molecule has 5 rings (SSSR count). The van der Waals surface area contributed by atoms with Gasteiger partial charge in [0.25, 0.3) is 0 Å². The summed E-state index contributed by atoms with van der Waals surface area (Å²) in [5, 5.41) is 7.16. The zero-order valence-electron chi connectivity index (χ0n) is 16.2. The van der Waals surface area contributed by atoms with Gasteiger partial charge in [-0.1, -0.05) is 11.8 Å². The second-order valence-corrected chi connectivity index (χ2v) is 7.96. The highest BCUT2D eigenvalue weighted by molar-refractivity contribution is 7.98. The molecule has 5 aromatic rings. The lowest BCUT2D eigenvalue weighted by atomic mass is 10.2. The van der Waals surface area contributed by atoms with Crippen LogP contribution in [0.5, 0.6) is 11.5 Å². The summed E-state index contributed by atoms with van der Waals surface area (Å²) in [4.78, 5) is 17.4. The summed E-state index contributed by atoms with van der Waals surface area (Å²) in [7, 11) is 0. The van der Waals surface area contributed by atoms with Crippen LogP contribution >= 0.6 is 23.3 Å². The minimum atomic E-state index is 0.639. The summed E-state index contributed by atoms with van der Waals surface area (Å²) in [6, 6.07) is 11.8. The summed E-state index contributed by atoms with van der Waals surface area (Å²) >= 11 is 2.92. The fourth-order valence-corrected chi connectivity index (χ4v) is 4.02. The van der Waals surface area contributed by atoms with E-state index in [0.29, 0.717) is 22.0 Å². The van der Waals surface area contributed by atoms with Crippen molar-refractivity contribution >= 4 is 56.7 Å². The Hall–Kier alpha value is -3.30. The maximum absolute atomic E-state index is 6.08. The molecule has 0 aliphatic rings. The molecule has 0 spiro atoms. The van der Waals surface area contributed by atoms with Gasteiger partial charge in [0.05, 0.1) is 11.7 Å². The molecule has 0 saturated carbocycles. The first-order valence-corrected chi connectivity index (χ1v) is 11.2. The van der Waals surface area contributed by atoms with Gasteiger partial charge in [0.1, 0.15) is 28.9 Å². The average Bonchev–Trinajstić information content (AvgIpc) is 3.23. The number of aryl methyl sites for hydroxylation is 1. The summed E-state index contributed by atoms with van der Waals surface area (Å²) in [6.45, 7) is 2.01. The molecule has 0 fully saturated rings. The Labute approximate surface area is 180 Å². The SMILES string of the molecule is CSc1ncc2ncnc(Nc3ccc(Oc4ccc5csnc5c4)c(C)c3)c2n1. The van der Waals surface area contributed by atoms with Crippen LogP contribution in [0.25, 0.3) is 21.9 Å². The zero-order chi connectivity index (χ0) is 20.5. The lowest BCUT2D eigenvalue weighted by Crippen LogP contribution is -1.99. The van der Waals surface area contributed by atoms with Crippen molar-refractivity contribution in [3.05, 3.63) is 59.9 Å².